The Hall–Kier alpha value is -1.40. The smallest absolute Gasteiger partial charge is 0.341 e. The largest absolute Gasteiger partial charge is 0.462 e. The number of aryl methyl sites for hydroxylation is 1. The first-order chi connectivity index (χ1) is 10.1. The zero-order valence-corrected chi connectivity index (χ0v) is 13.3. The summed E-state index contributed by atoms with van der Waals surface area (Å²) in [4.78, 5) is 25.1. The van der Waals surface area contributed by atoms with Crippen molar-refractivity contribution in [1.82, 2.24) is 5.32 Å². The summed E-state index contributed by atoms with van der Waals surface area (Å²) in [6.07, 6.45) is 2.36. The van der Waals surface area contributed by atoms with E-state index in [0.717, 1.165) is 30.8 Å². The summed E-state index contributed by atoms with van der Waals surface area (Å²) in [6.45, 7) is 6.00. The first kappa shape index (κ1) is 16.0. The van der Waals surface area contributed by atoms with Crippen molar-refractivity contribution in [3.05, 3.63) is 16.5 Å². The molecule has 1 aromatic rings. The summed E-state index contributed by atoms with van der Waals surface area (Å²) in [7, 11) is 0. The molecule has 0 aromatic carbocycles. The molecule has 1 saturated heterocycles. The first-order valence-corrected chi connectivity index (χ1v) is 8.26. The molecular weight excluding hydrogens is 288 g/mol. The molecule has 1 amide bonds. The molecule has 21 heavy (non-hydrogen) atoms. The standard InChI is InChI=1S/C15H22N2O3S/c1-3-11-8-12(15(19)20-4-2)14(21-11)17-13(18)7-10-5-6-16-9-10/h8,10,16H,3-7,9H2,1-2H3,(H,17,18). The van der Waals surface area contributed by atoms with E-state index in [0.29, 0.717) is 29.5 Å². The van der Waals surface area contributed by atoms with E-state index in [9.17, 15) is 9.59 Å². The van der Waals surface area contributed by atoms with Gasteiger partial charge in [0.2, 0.25) is 5.91 Å². The lowest BCUT2D eigenvalue weighted by atomic mass is 10.0. The number of nitrogens with one attached hydrogen (secondary N) is 2. The molecule has 5 nitrogen and oxygen atoms in total. The summed E-state index contributed by atoms with van der Waals surface area (Å²) in [6, 6.07) is 1.81. The van der Waals surface area contributed by atoms with E-state index in [4.69, 9.17) is 4.74 Å². The highest BCUT2D eigenvalue weighted by Gasteiger charge is 2.21. The molecule has 1 aliphatic heterocycles. The fourth-order valence-corrected chi connectivity index (χ4v) is 3.40. The topological polar surface area (TPSA) is 67.4 Å². The van der Waals surface area contributed by atoms with Crippen LogP contribution in [0.3, 0.4) is 0 Å². The number of amides is 1. The second-order valence-corrected chi connectivity index (χ2v) is 6.28. The van der Waals surface area contributed by atoms with Crippen LogP contribution in [0.5, 0.6) is 0 Å². The number of hydrogen-bond acceptors (Lipinski definition) is 5. The Labute approximate surface area is 129 Å². The Bertz CT molecular complexity index is 507. The summed E-state index contributed by atoms with van der Waals surface area (Å²) in [5.41, 5.74) is 0.469. The van der Waals surface area contributed by atoms with Crippen LogP contribution in [0.1, 0.15) is 41.9 Å². The second kappa shape index (κ2) is 7.56. The summed E-state index contributed by atoms with van der Waals surface area (Å²) in [5.74, 6) is -0.00770. The van der Waals surface area contributed by atoms with E-state index in [1.54, 1.807) is 6.92 Å². The molecule has 0 aliphatic carbocycles. The third-order valence-corrected chi connectivity index (χ3v) is 4.71. The van der Waals surface area contributed by atoms with Gasteiger partial charge in [0.15, 0.2) is 0 Å². The number of thiophene rings is 1. The zero-order valence-electron chi connectivity index (χ0n) is 12.5. The summed E-state index contributed by atoms with van der Waals surface area (Å²) in [5, 5.41) is 6.74. The predicted molar refractivity (Wildman–Crippen MR) is 83.9 cm³/mol. The molecule has 0 spiro atoms. The molecule has 2 rings (SSSR count). The van der Waals surface area contributed by atoms with Gasteiger partial charge in [-0.2, -0.15) is 0 Å². The molecule has 0 saturated carbocycles. The van der Waals surface area contributed by atoms with Crippen molar-refractivity contribution in [2.45, 2.75) is 33.1 Å². The van der Waals surface area contributed by atoms with Gasteiger partial charge in [-0.05, 0) is 44.8 Å². The lowest BCUT2D eigenvalue weighted by Crippen LogP contribution is -2.19. The van der Waals surface area contributed by atoms with Crippen LogP contribution in [0, 0.1) is 5.92 Å². The van der Waals surface area contributed by atoms with Gasteiger partial charge in [-0.1, -0.05) is 6.92 Å². The van der Waals surface area contributed by atoms with E-state index in [1.165, 1.54) is 11.3 Å². The van der Waals surface area contributed by atoms with Crippen LogP contribution in [0.4, 0.5) is 5.00 Å². The van der Waals surface area contributed by atoms with Crippen molar-refractivity contribution in [2.75, 3.05) is 25.0 Å². The van der Waals surface area contributed by atoms with Crippen molar-refractivity contribution >= 4 is 28.2 Å². The maximum Gasteiger partial charge on any atom is 0.341 e. The maximum atomic E-state index is 12.1. The molecule has 2 heterocycles. The first-order valence-electron chi connectivity index (χ1n) is 7.44. The second-order valence-electron chi connectivity index (χ2n) is 5.14. The minimum absolute atomic E-state index is 0.0289. The lowest BCUT2D eigenvalue weighted by Gasteiger charge is -2.09. The average Bonchev–Trinajstić information content (AvgIpc) is 3.08. The Balaban J connectivity index is 2.04. The Morgan fingerprint density at radius 3 is 2.90 bits per heavy atom. The number of carbonyl (C=O) groups is 2. The van der Waals surface area contributed by atoms with Gasteiger partial charge in [-0.15, -0.1) is 11.3 Å². The van der Waals surface area contributed by atoms with Crippen LogP contribution in [0.25, 0.3) is 0 Å². The molecular formula is C15H22N2O3S. The molecule has 1 aliphatic rings. The normalized spacial score (nSPS) is 17.7. The molecule has 0 radical (unpaired) electrons. The van der Waals surface area contributed by atoms with Crippen LogP contribution < -0.4 is 10.6 Å². The van der Waals surface area contributed by atoms with Crippen molar-refractivity contribution < 1.29 is 14.3 Å². The van der Waals surface area contributed by atoms with Gasteiger partial charge in [0, 0.05) is 11.3 Å². The van der Waals surface area contributed by atoms with Crippen molar-refractivity contribution in [3.8, 4) is 0 Å². The van der Waals surface area contributed by atoms with Gasteiger partial charge in [-0.25, -0.2) is 4.79 Å². The number of esters is 1. The van der Waals surface area contributed by atoms with Crippen molar-refractivity contribution in [1.29, 1.82) is 0 Å². The highest BCUT2D eigenvalue weighted by Crippen LogP contribution is 2.29. The van der Waals surface area contributed by atoms with Crippen molar-refractivity contribution in [2.24, 2.45) is 5.92 Å². The predicted octanol–water partition coefficient (Wildman–Crippen LogP) is 2.43. The minimum atomic E-state index is -0.369. The van der Waals surface area contributed by atoms with Gasteiger partial charge in [0.1, 0.15) is 5.00 Å². The molecule has 1 aromatic heterocycles. The maximum absolute atomic E-state index is 12.1. The summed E-state index contributed by atoms with van der Waals surface area (Å²) < 4.78 is 5.05. The average molecular weight is 310 g/mol. The van der Waals surface area contributed by atoms with Crippen LogP contribution >= 0.6 is 11.3 Å². The van der Waals surface area contributed by atoms with E-state index < -0.39 is 0 Å². The molecule has 1 atom stereocenters. The fourth-order valence-electron chi connectivity index (χ4n) is 2.40. The minimum Gasteiger partial charge on any atom is -0.462 e. The van der Waals surface area contributed by atoms with Gasteiger partial charge >= 0.3 is 5.97 Å². The van der Waals surface area contributed by atoms with Crippen LogP contribution in [0.15, 0.2) is 6.07 Å². The van der Waals surface area contributed by atoms with Crippen LogP contribution in [-0.2, 0) is 16.0 Å². The third-order valence-electron chi connectivity index (χ3n) is 3.52. The van der Waals surface area contributed by atoms with Gasteiger partial charge < -0.3 is 15.4 Å². The van der Waals surface area contributed by atoms with E-state index in [-0.39, 0.29) is 11.9 Å². The number of anilines is 1. The number of carbonyl (C=O) groups excluding carboxylic acids is 2. The Morgan fingerprint density at radius 1 is 1.48 bits per heavy atom. The van der Waals surface area contributed by atoms with E-state index in [2.05, 4.69) is 10.6 Å². The molecule has 2 N–H and O–H groups in total. The monoisotopic (exact) mass is 310 g/mol. The third kappa shape index (κ3) is 4.28. The van der Waals surface area contributed by atoms with Crippen LogP contribution in [-0.4, -0.2) is 31.6 Å². The number of rotatable bonds is 6. The van der Waals surface area contributed by atoms with Gasteiger partial charge in [-0.3, -0.25) is 4.79 Å². The number of hydrogen-bond donors (Lipinski definition) is 2. The molecule has 1 fully saturated rings. The highest BCUT2D eigenvalue weighted by molar-refractivity contribution is 7.16. The summed E-state index contributed by atoms with van der Waals surface area (Å²) >= 11 is 1.45. The van der Waals surface area contributed by atoms with E-state index in [1.807, 2.05) is 13.0 Å². The zero-order chi connectivity index (χ0) is 15.2. The molecule has 0 bridgehead atoms. The highest BCUT2D eigenvalue weighted by atomic mass is 32.1. The van der Waals surface area contributed by atoms with Gasteiger partial charge in [0.25, 0.3) is 0 Å². The fraction of sp³-hybridized carbons (Fsp3) is 0.600. The Kier molecular flexibility index (Phi) is 5.76. The van der Waals surface area contributed by atoms with Gasteiger partial charge in [0.05, 0.1) is 12.2 Å². The van der Waals surface area contributed by atoms with Crippen LogP contribution in [0.2, 0.25) is 0 Å². The SMILES string of the molecule is CCOC(=O)c1cc(CC)sc1NC(=O)CC1CCNC1. The lowest BCUT2D eigenvalue weighted by molar-refractivity contribution is -0.116. The number of ether oxygens (including phenoxy) is 1. The molecule has 116 valence electrons. The molecule has 6 heteroatoms. The molecule has 1 unspecified atom stereocenters. The van der Waals surface area contributed by atoms with E-state index >= 15 is 0 Å². The van der Waals surface area contributed by atoms with Crippen molar-refractivity contribution in [3.63, 3.8) is 0 Å². The Morgan fingerprint density at radius 2 is 2.29 bits per heavy atom. The quantitative estimate of drug-likeness (QED) is 0.792.